The van der Waals surface area contributed by atoms with Gasteiger partial charge in [-0.1, -0.05) is 42.5 Å². The van der Waals surface area contributed by atoms with E-state index in [1.54, 1.807) is 35.7 Å². The van der Waals surface area contributed by atoms with Crippen LogP contribution in [0.4, 0.5) is 5.69 Å². The zero-order valence-corrected chi connectivity index (χ0v) is 20.1. The molecule has 1 aromatic heterocycles. The number of hydrogen-bond donors (Lipinski definition) is 3. The molecular formula is C26H27N3O5S. The van der Waals surface area contributed by atoms with Gasteiger partial charge < -0.3 is 20.7 Å². The molecule has 0 spiro atoms. The predicted molar refractivity (Wildman–Crippen MR) is 134 cm³/mol. The highest BCUT2D eigenvalue weighted by molar-refractivity contribution is 7.08. The summed E-state index contributed by atoms with van der Waals surface area (Å²) in [7, 11) is 0. The van der Waals surface area contributed by atoms with E-state index in [0.717, 1.165) is 5.56 Å². The number of carbonyl (C=O) groups is 4. The molecule has 1 atom stereocenters. The average Bonchev–Trinajstić information content (AvgIpc) is 3.41. The minimum absolute atomic E-state index is 0.0631. The lowest BCUT2D eigenvalue weighted by atomic mass is 10.1. The van der Waals surface area contributed by atoms with Gasteiger partial charge in [0.25, 0.3) is 17.7 Å². The Labute approximate surface area is 207 Å². The van der Waals surface area contributed by atoms with E-state index in [4.69, 9.17) is 4.74 Å². The largest absolute Gasteiger partial charge is 0.456 e. The van der Waals surface area contributed by atoms with Gasteiger partial charge in [-0.05, 0) is 42.5 Å². The number of nitrogens with one attached hydrogen (secondary N) is 3. The number of esters is 1. The summed E-state index contributed by atoms with van der Waals surface area (Å²) >= 11 is 1.43. The molecule has 0 saturated carbocycles. The second kappa shape index (κ2) is 13.0. The highest BCUT2D eigenvalue weighted by Gasteiger charge is 2.17. The molecule has 9 heteroatoms. The van der Waals surface area contributed by atoms with Gasteiger partial charge >= 0.3 is 5.97 Å². The first-order valence-corrected chi connectivity index (χ1v) is 12.1. The molecule has 3 rings (SSSR count). The van der Waals surface area contributed by atoms with Gasteiger partial charge in [-0.3, -0.25) is 19.2 Å². The Morgan fingerprint density at radius 1 is 0.943 bits per heavy atom. The summed E-state index contributed by atoms with van der Waals surface area (Å²) in [5.41, 5.74) is 2.16. The zero-order chi connectivity index (χ0) is 25.0. The third kappa shape index (κ3) is 8.08. The Hall–Kier alpha value is -3.98. The van der Waals surface area contributed by atoms with Crippen LogP contribution >= 0.6 is 11.3 Å². The fourth-order valence-electron chi connectivity index (χ4n) is 3.22. The van der Waals surface area contributed by atoms with Gasteiger partial charge in [-0.25, -0.2) is 0 Å². The van der Waals surface area contributed by atoms with Crippen molar-refractivity contribution in [2.75, 3.05) is 18.5 Å². The van der Waals surface area contributed by atoms with E-state index in [-0.39, 0.29) is 24.3 Å². The van der Waals surface area contributed by atoms with Crippen molar-refractivity contribution in [2.45, 2.75) is 25.8 Å². The van der Waals surface area contributed by atoms with Gasteiger partial charge in [0.2, 0.25) is 0 Å². The number of carbonyl (C=O) groups excluding carboxylic acids is 4. The Kier molecular flexibility index (Phi) is 9.56. The fourth-order valence-corrected chi connectivity index (χ4v) is 3.86. The molecule has 0 saturated heterocycles. The van der Waals surface area contributed by atoms with Crippen LogP contribution in [0, 0.1) is 0 Å². The molecule has 3 N–H and O–H groups in total. The molecule has 0 aliphatic carbocycles. The second-order valence-electron chi connectivity index (χ2n) is 7.73. The number of anilines is 1. The van der Waals surface area contributed by atoms with Crippen molar-refractivity contribution in [2.24, 2.45) is 0 Å². The molecule has 0 radical (unpaired) electrons. The number of para-hydroxylation sites is 1. The number of hydrogen-bond acceptors (Lipinski definition) is 6. The van der Waals surface area contributed by atoms with Crippen molar-refractivity contribution < 1.29 is 23.9 Å². The van der Waals surface area contributed by atoms with Crippen molar-refractivity contribution in [3.05, 3.63) is 88.1 Å². The molecule has 8 nitrogen and oxygen atoms in total. The van der Waals surface area contributed by atoms with E-state index in [1.807, 2.05) is 42.6 Å². The smallest absolute Gasteiger partial charge is 0.306 e. The van der Waals surface area contributed by atoms with Crippen molar-refractivity contribution in [3.63, 3.8) is 0 Å². The van der Waals surface area contributed by atoms with Gasteiger partial charge in [0.05, 0.1) is 17.3 Å². The van der Waals surface area contributed by atoms with Crippen molar-refractivity contribution >= 4 is 40.7 Å². The Morgan fingerprint density at radius 2 is 1.69 bits per heavy atom. The minimum Gasteiger partial charge on any atom is -0.456 e. The van der Waals surface area contributed by atoms with Gasteiger partial charge in [0.1, 0.15) is 0 Å². The monoisotopic (exact) mass is 493 g/mol. The number of thiophene rings is 1. The normalized spacial score (nSPS) is 11.2. The Bertz CT molecular complexity index is 1150. The molecule has 0 aliphatic rings. The number of benzene rings is 2. The maximum atomic E-state index is 12.8. The van der Waals surface area contributed by atoms with Crippen LogP contribution in [0.1, 0.15) is 52.1 Å². The summed E-state index contributed by atoms with van der Waals surface area (Å²) in [6.45, 7) is 1.72. The summed E-state index contributed by atoms with van der Waals surface area (Å²) in [5.74, 6) is -1.63. The SMILES string of the molecule is CC(NC(=O)c1ccccc1NC(=O)COC(=O)CCCNC(=O)c1ccsc1)c1ccccc1. The first-order chi connectivity index (χ1) is 16.9. The molecule has 3 amide bonds. The summed E-state index contributed by atoms with van der Waals surface area (Å²) in [5, 5.41) is 11.8. The molecular weight excluding hydrogens is 466 g/mol. The van der Waals surface area contributed by atoms with Gasteiger partial charge in [0.15, 0.2) is 6.61 Å². The van der Waals surface area contributed by atoms with Crippen LogP contribution < -0.4 is 16.0 Å². The van der Waals surface area contributed by atoms with Gasteiger partial charge in [-0.15, -0.1) is 0 Å². The standard InChI is InChI=1S/C26H27N3O5S/c1-18(19-8-3-2-4-9-19)28-26(33)21-10-5-6-11-22(21)29-23(30)16-34-24(31)12-7-14-27-25(32)20-13-15-35-17-20/h2-6,8-11,13,15,17-18H,7,12,14,16H2,1H3,(H,27,32)(H,28,33)(H,29,30). The van der Waals surface area contributed by atoms with E-state index < -0.39 is 18.5 Å². The highest BCUT2D eigenvalue weighted by atomic mass is 32.1. The number of ether oxygens (including phenoxy) is 1. The number of amides is 3. The molecule has 0 bridgehead atoms. The molecule has 1 unspecified atom stereocenters. The highest BCUT2D eigenvalue weighted by Crippen LogP contribution is 2.18. The third-order valence-corrected chi connectivity index (χ3v) is 5.77. The summed E-state index contributed by atoms with van der Waals surface area (Å²) < 4.78 is 5.02. The van der Waals surface area contributed by atoms with Crippen LogP contribution in [0.15, 0.2) is 71.4 Å². The van der Waals surface area contributed by atoms with E-state index in [2.05, 4.69) is 16.0 Å². The Morgan fingerprint density at radius 3 is 2.43 bits per heavy atom. The minimum atomic E-state index is -0.555. The molecule has 1 heterocycles. The van der Waals surface area contributed by atoms with Crippen LogP contribution in [-0.2, 0) is 14.3 Å². The van der Waals surface area contributed by atoms with E-state index >= 15 is 0 Å². The molecule has 0 aliphatic heterocycles. The first kappa shape index (κ1) is 25.6. The Balaban J connectivity index is 1.42. The van der Waals surface area contributed by atoms with Crippen LogP contribution in [0.2, 0.25) is 0 Å². The van der Waals surface area contributed by atoms with E-state index in [1.165, 1.54) is 11.3 Å². The van der Waals surface area contributed by atoms with Gasteiger partial charge in [0, 0.05) is 23.9 Å². The van der Waals surface area contributed by atoms with Crippen molar-refractivity contribution in [1.29, 1.82) is 0 Å². The molecule has 182 valence electrons. The first-order valence-electron chi connectivity index (χ1n) is 11.1. The van der Waals surface area contributed by atoms with Crippen LogP contribution in [0.3, 0.4) is 0 Å². The quantitative estimate of drug-likeness (QED) is 0.277. The van der Waals surface area contributed by atoms with Crippen LogP contribution in [0.5, 0.6) is 0 Å². The van der Waals surface area contributed by atoms with Crippen LogP contribution in [-0.4, -0.2) is 36.8 Å². The molecule has 2 aromatic carbocycles. The van der Waals surface area contributed by atoms with E-state index in [0.29, 0.717) is 29.8 Å². The van der Waals surface area contributed by atoms with E-state index in [9.17, 15) is 19.2 Å². The molecule has 3 aromatic rings. The second-order valence-corrected chi connectivity index (χ2v) is 8.51. The average molecular weight is 494 g/mol. The topological polar surface area (TPSA) is 114 Å². The fraction of sp³-hybridized carbons (Fsp3) is 0.231. The lowest BCUT2D eigenvalue weighted by molar-refractivity contribution is -0.147. The molecule has 35 heavy (non-hydrogen) atoms. The maximum Gasteiger partial charge on any atom is 0.306 e. The summed E-state index contributed by atoms with van der Waals surface area (Å²) in [6.07, 6.45) is 0.451. The number of rotatable bonds is 11. The van der Waals surface area contributed by atoms with Crippen molar-refractivity contribution in [1.82, 2.24) is 10.6 Å². The van der Waals surface area contributed by atoms with Crippen LogP contribution in [0.25, 0.3) is 0 Å². The lowest BCUT2D eigenvalue weighted by Gasteiger charge is -2.16. The summed E-state index contributed by atoms with van der Waals surface area (Å²) in [6, 6.07) is 17.7. The van der Waals surface area contributed by atoms with Crippen molar-refractivity contribution in [3.8, 4) is 0 Å². The predicted octanol–water partition coefficient (Wildman–Crippen LogP) is 3.93. The third-order valence-electron chi connectivity index (χ3n) is 5.08. The van der Waals surface area contributed by atoms with Gasteiger partial charge in [-0.2, -0.15) is 11.3 Å². The zero-order valence-electron chi connectivity index (χ0n) is 19.3. The molecule has 0 fully saturated rings. The maximum absolute atomic E-state index is 12.8. The summed E-state index contributed by atoms with van der Waals surface area (Å²) in [4.78, 5) is 48.9. The lowest BCUT2D eigenvalue weighted by Crippen LogP contribution is -2.28.